The van der Waals surface area contributed by atoms with Crippen molar-refractivity contribution in [3.05, 3.63) is 50.1 Å². The molecule has 2 N–H and O–H groups in total. The van der Waals surface area contributed by atoms with Gasteiger partial charge < -0.3 is 14.9 Å². The molecule has 0 unspecified atom stereocenters. The molecule has 0 fully saturated rings. The Morgan fingerprint density at radius 1 is 1.33 bits per heavy atom. The van der Waals surface area contributed by atoms with E-state index in [-0.39, 0.29) is 23.1 Å². The Morgan fingerprint density at radius 3 is 2.57 bits per heavy atom. The van der Waals surface area contributed by atoms with Gasteiger partial charge in [-0.25, -0.2) is 0 Å². The Labute approximate surface area is 131 Å². The molecular weight excluding hydrogens is 334 g/mol. The molecule has 0 aliphatic carbocycles. The Bertz CT molecular complexity index is 744. The third-order valence-corrected chi connectivity index (χ3v) is 3.98. The zero-order valence-electron chi connectivity index (χ0n) is 12.5. The van der Waals surface area contributed by atoms with Crippen molar-refractivity contribution in [2.75, 3.05) is 5.32 Å². The molecule has 0 atom stereocenters. The standard InChI is InChI=1S/C15H18BrN3O2/c1-8(2)19-9(3)5-11(10(19)4)15(21)18-13-7-17-6-12(16)14(13)20/h5-8H,1-4H3,(H,17,20)(H,18,21). The first-order valence-corrected chi connectivity index (χ1v) is 7.48. The van der Waals surface area contributed by atoms with Gasteiger partial charge in [-0.2, -0.15) is 0 Å². The Morgan fingerprint density at radius 2 is 2.00 bits per heavy atom. The highest BCUT2D eigenvalue weighted by Crippen LogP contribution is 2.20. The van der Waals surface area contributed by atoms with Gasteiger partial charge in [0.15, 0.2) is 0 Å². The van der Waals surface area contributed by atoms with Crippen molar-refractivity contribution < 1.29 is 4.79 Å². The molecule has 0 radical (unpaired) electrons. The fourth-order valence-electron chi connectivity index (χ4n) is 2.54. The second kappa shape index (κ2) is 5.89. The highest BCUT2D eigenvalue weighted by molar-refractivity contribution is 9.10. The topological polar surface area (TPSA) is 66.9 Å². The maximum atomic E-state index is 12.4. The van der Waals surface area contributed by atoms with Crippen molar-refractivity contribution in [2.24, 2.45) is 0 Å². The van der Waals surface area contributed by atoms with E-state index in [1.807, 2.05) is 19.9 Å². The summed E-state index contributed by atoms with van der Waals surface area (Å²) in [6, 6.07) is 2.12. The molecule has 21 heavy (non-hydrogen) atoms. The van der Waals surface area contributed by atoms with Crippen LogP contribution in [0.2, 0.25) is 0 Å². The number of nitrogens with zero attached hydrogens (tertiary/aromatic N) is 1. The molecular formula is C15H18BrN3O2. The second-order valence-electron chi connectivity index (χ2n) is 5.25. The summed E-state index contributed by atoms with van der Waals surface area (Å²) in [4.78, 5) is 27.1. The van der Waals surface area contributed by atoms with Crippen LogP contribution in [-0.2, 0) is 0 Å². The quantitative estimate of drug-likeness (QED) is 0.889. The molecule has 2 aromatic heterocycles. The summed E-state index contributed by atoms with van der Waals surface area (Å²) < 4.78 is 2.48. The molecule has 0 saturated carbocycles. The molecule has 1 amide bonds. The number of halogens is 1. The Kier molecular flexibility index (Phi) is 4.37. The predicted octanol–water partition coefficient (Wildman–Crippen LogP) is 3.39. The monoisotopic (exact) mass is 351 g/mol. The first-order chi connectivity index (χ1) is 9.82. The number of carbonyl (C=O) groups is 1. The molecule has 112 valence electrons. The molecule has 0 saturated heterocycles. The van der Waals surface area contributed by atoms with Gasteiger partial charge >= 0.3 is 0 Å². The van der Waals surface area contributed by atoms with E-state index in [9.17, 15) is 9.59 Å². The Balaban J connectivity index is 2.36. The molecule has 2 aromatic rings. The van der Waals surface area contributed by atoms with E-state index in [0.717, 1.165) is 11.4 Å². The summed E-state index contributed by atoms with van der Waals surface area (Å²) in [6.07, 6.45) is 3.01. The molecule has 2 rings (SSSR count). The highest BCUT2D eigenvalue weighted by atomic mass is 79.9. The number of aromatic amines is 1. The van der Waals surface area contributed by atoms with E-state index in [1.165, 1.54) is 12.4 Å². The van der Waals surface area contributed by atoms with E-state index in [2.05, 4.69) is 44.6 Å². The number of pyridine rings is 1. The first-order valence-electron chi connectivity index (χ1n) is 6.69. The zero-order chi connectivity index (χ0) is 15.7. The summed E-state index contributed by atoms with van der Waals surface area (Å²) >= 11 is 3.14. The third-order valence-electron chi connectivity index (χ3n) is 3.39. The van der Waals surface area contributed by atoms with Crippen molar-refractivity contribution in [3.8, 4) is 0 Å². The van der Waals surface area contributed by atoms with Gasteiger partial charge in [0.1, 0.15) is 5.69 Å². The lowest BCUT2D eigenvalue weighted by molar-refractivity contribution is 0.102. The maximum Gasteiger partial charge on any atom is 0.257 e. The van der Waals surface area contributed by atoms with Crippen molar-refractivity contribution in [1.29, 1.82) is 0 Å². The highest BCUT2D eigenvalue weighted by Gasteiger charge is 2.18. The zero-order valence-corrected chi connectivity index (χ0v) is 14.0. The maximum absolute atomic E-state index is 12.4. The summed E-state index contributed by atoms with van der Waals surface area (Å²) in [5.74, 6) is -0.279. The van der Waals surface area contributed by atoms with Crippen LogP contribution in [0.5, 0.6) is 0 Å². The lowest BCUT2D eigenvalue weighted by atomic mass is 10.2. The van der Waals surface area contributed by atoms with Gasteiger partial charge in [0.05, 0.1) is 10.0 Å². The van der Waals surface area contributed by atoms with Crippen molar-refractivity contribution in [3.63, 3.8) is 0 Å². The van der Waals surface area contributed by atoms with Gasteiger partial charge in [0.2, 0.25) is 5.43 Å². The van der Waals surface area contributed by atoms with Gasteiger partial charge in [-0.05, 0) is 49.7 Å². The number of aromatic nitrogens is 2. The summed E-state index contributed by atoms with van der Waals surface area (Å²) in [5, 5.41) is 2.66. The van der Waals surface area contributed by atoms with Crippen LogP contribution in [0, 0.1) is 13.8 Å². The van der Waals surface area contributed by atoms with Crippen LogP contribution in [0.1, 0.15) is 41.6 Å². The number of amides is 1. The number of aryl methyl sites for hydroxylation is 1. The van der Waals surface area contributed by atoms with Gasteiger partial charge in [-0.3, -0.25) is 9.59 Å². The van der Waals surface area contributed by atoms with Crippen LogP contribution in [-0.4, -0.2) is 15.5 Å². The van der Waals surface area contributed by atoms with Crippen LogP contribution in [0.15, 0.2) is 27.7 Å². The normalized spacial score (nSPS) is 11.0. The van der Waals surface area contributed by atoms with E-state index in [4.69, 9.17) is 0 Å². The summed E-state index contributed by atoms with van der Waals surface area (Å²) in [7, 11) is 0. The van der Waals surface area contributed by atoms with Crippen LogP contribution in [0.3, 0.4) is 0 Å². The van der Waals surface area contributed by atoms with Crippen molar-refractivity contribution >= 4 is 27.5 Å². The smallest absolute Gasteiger partial charge is 0.257 e. The van der Waals surface area contributed by atoms with E-state index in [1.54, 1.807) is 0 Å². The summed E-state index contributed by atoms with van der Waals surface area (Å²) in [5.41, 5.74) is 2.48. The van der Waals surface area contributed by atoms with Crippen LogP contribution in [0.25, 0.3) is 0 Å². The van der Waals surface area contributed by atoms with E-state index >= 15 is 0 Å². The minimum Gasteiger partial charge on any atom is -0.365 e. The largest absolute Gasteiger partial charge is 0.365 e. The second-order valence-corrected chi connectivity index (χ2v) is 6.10. The number of H-pyrrole nitrogens is 1. The molecule has 0 bridgehead atoms. The minimum atomic E-state index is -0.279. The van der Waals surface area contributed by atoms with Crippen LogP contribution >= 0.6 is 15.9 Å². The molecule has 2 heterocycles. The van der Waals surface area contributed by atoms with Gasteiger partial charge in [0.25, 0.3) is 5.91 Å². The number of nitrogens with one attached hydrogen (secondary N) is 2. The van der Waals surface area contributed by atoms with Crippen molar-refractivity contribution in [2.45, 2.75) is 33.7 Å². The SMILES string of the molecule is Cc1cc(C(=O)Nc2c[nH]cc(Br)c2=O)c(C)n1C(C)C. The number of carbonyl (C=O) groups excluding carboxylic acids is 1. The van der Waals surface area contributed by atoms with Gasteiger partial charge in [-0.1, -0.05) is 0 Å². The average Bonchev–Trinajstić information content (AvgIpc) is 2.70. The number of anilines is 1. The van der Waals surface area contributed by atoms with Crippen molar-refractivity contribution in [1.82, 2.24) is 9.55 Å². The predicted molar refractivity (Wildman–Crippen MR) is 87.0 cm³/mol. The molecule has 0 aliphatic rings. The number of rotatable bonds is 3. The molecule has 6 heteroatoms. The fraction of sp³-hybridized carbons (Fsp3) is 0.333. The molecule has 5 nitrogen and oxygen atoms in total. The number of hydrogen-bond acceptors (Lipinski definition) is 2. The molecule has 0 spiro atoms. The van der Waals surface area contributed by atoms with E-state index in [0.29, 0.717) is 10.0 Å². The summed E-state index contributed by atoms with van der Waals surface area (Å²) in [6.45, 7) is 8.02. The van der Waals surface area contributed by atoms with E-state index < -0.39 is 0 Å². The third kappa shape index (κ3) is 2.95. The van der Waals surface area contributed by atoms with Gasteiger partial charge in [-0.15, -0.1) is 0 Å². The first kappa shape index (κ1) is 15.6. The minimum absolute atomic E-state index is 0.226. The van der Waals surface area contributed by atoms with Crippen LogP contribution < -0.4 is 10.7 Å². The van der Waals surface area contributed by atoms with Crippen LogP contribution in [0.4, 0.5) is 5.69 Å². The molecule has 0 aliphatic heterocycles. The lowest BCUT2D eigenvalue weighted by Crippen LogP contribution is -2.19. The molecule has 0 aromatic carbocycles. The van der Waals surface area contributed by atoms with Gasteiger partial charge in [0, 0.05) is 29.8 Å². The lowest BCUT2D eigenvalue weighted by Gasteiger charge is -2.13. The Hall–Kier alpha value is -1.82. The average molecular weight is 352 g/mol. The fourth-order valence-corrected chi connectivity index (χ4v) is 2.89. The number of hydrogen-bond donors (Lipinski definition) is 2.